The predicted octanol–water partition coefficient (Wildman–Crippen LogP) is 2.92. The number of ether oxygens (including phenoxy) is 2. The molecular formula is C17H19NO4. The second-order valence-corrected chi connectivity index (χ2v) is 5.80. The third-order valence-corrected chi connectivity index (χ3v) is 4.55. The van der Waals surface area contributed by atoms with Gasteiger partial charge in [-0.15, -0.1) is 6.58 Å². The van der Waals surface area contributed by atoms with Crippen LogP contribution in [0.5, 0.6) is 0 Å². The summed E-state index contributed by atoms with van der Waals surface area (Å²) in [7, 11) is 1.74. The van der Waals surface area contributed by atoms with Gasteiger partial charge in [-0.2, -0.15) is 0 Å². The molecule has 1 saturated heterocycles. The van der Waals surface area contributed by atoms with E-state index in [1.807, 2.05) is 18.2 Å². The Hall–Kier alpha value is -2.30. The van der Waals surface area contributed by atoms with Crippen LogP contribution in [0.25, 0.3) is 0 Å². The summed E-state index contributed by atoms with van der Waals surface area (Å²) in [4.78, 5) is 24.8. The maximum absolute atomic E-state index is 11.6. The highest BCUT2D eigenvalue weighted by Crippen LogP contribution is 2.47. The minimum atomic E-state index is -0.778. The van der Waals surface area contributed by atoms with Crippen LogP contribution < -0.4 is 4.90 Å². The zero-order valence-electron chi connectivity index (χ0n) is 12.8. The smallest absolute Gasteiger partial charge is 0.426 e. The van der Waals surface area contributed by atoms with Gasteiger partial charge in [-0.05, 0) is 30.5 Å². The molecule has 0 N–H and O–H groups in total. The van der Waals surface area contributed by atoms with Crippen LogP contribution in [0.15, 0.2) is 30.9 Å². The number of fused-ring (bicyclic) bond motifs is 3. The van der Waals surface area contributed by atoms with Crippen molar-refractivity contribution in [2.75, 3.05) is 11.9 Å². The van der Waals surface area contributed by atoms with Crippen LogP contribution in [0, 0.1) is 0 Å². The van der Waals surface area contributed by atoms with Gasteiger partial charge in [0, 0.05) is 31.6 Å². The van der Waals surface area contributed by atoms with Crippen molar-refractivity contribution >= 4 is 17.7 Å². The van der Waals surface area contributed by atoms with Crippen molar-refractivity contribution in [2.24, 2.45) is 0 Å². The van der Waals surface area contributed by atoms with Crippen molar-refractivity contribution in [3.05, 3.63) is 42.0 Å². The van der Waals surface area contributed by atoms with Crippen LogP contribution in [0.1, 0.15) is 30.9 Å². The number of nitrogens with zero attached hydrogens (tertiary/aromatic N) is 1. The van der Waals surface area contributed by atoms with E-state index < -0.39 is 11.8 Å². The first kappa shape index (κ1) is 14.6. The van der Waals surface area contributed by atoms with Gasteiger partial charge in [0.2, 0.25) is 5.91 Å². The fraction of sp³-hybridized carbons (Fsp3) is 0.412. The summed E-state index contributed by atoms with van der Waals surface area (Å²) in [5.74, 6) is -0.0231. The molecule has 0 saturated carbocycles. The average molecular weight is 301 g/mol. The maximum Gasteiger partial charge on any atom is 0.509 e. The van der Waals surface area contributed by atoms with Gasteiger partial charge in [0.05, 0.1) is 0 Å². The lowest BCUT2D eigenvalue weighted by Crippen LogP contribution is -2.41. The highest BCUT2D eigenvalue weighted by Gasteiger charge is 2.54. The molecule has 5 heteroatoms. The SMILES string of the molecule is C=CC[C@@]12OC(=O)O[C@@H]1CCc1cc(N(C)C(C)=O)ccc12. The normalized spacial score (nSPS) is 25.5. The van der Waals surface area contributed by atoms with Gasteiger partial charge in [0.25, 0.3) is 0 Å². The Balaban J connectivity index is 2.07. The van der Waals surface area contributed by atoms with E-state index in [1.165, 1.54) is 6.92 Å². The number of hydrogen-bond acceptors (Lipinski definition) is 4. The van der Waals surface area contributed by atoms with Gasteiger partial charge in [0.1, 0.15) is 0 Å². The summed E-state index contributed by atoms with van der Waals surface area (Å²) in [6.45, 7) is 5.31. The van der Waals surface area contributed by atoms with E-state index in [9.17, 15) is 9.59 Å². The summed E-state index contributed by atoms with van der Waals surface area (Å²) < 4.78 is 10.9. The molecule has 5 nitrogen and oxygen atoms in total. The number of aryl methyl sites for hydroxylation is 1. The fourth-order valence-corrected chi connectivity index (χ4v) is 3.34. The van der Waals surface area contributed by atoms with Crippen LogP contribution in [0.3, 0.4) is 0 Å². The number of anilines is 1. The Morgan fingerprint density at radius 1 is 1.55 bits per heavy atom. The van der Waals surface area contributed by atoms with E-state index in [2.05, 4.69) is 6.58 Å². The largest absolute Gasteiger partial charge is 0.509 e. The first-order valence-corrected chi connectivity index (χ1v) is 7.36. The zero-order valence-corrected chi connectivity index (χ0v) is 12.8. The van der Waals surface area contributed by atoms with Crippen molar-refractivity contribution in [3.63, 3.8) is 0 Å². The molecule has 1 aliphatic heterocycles. The van der Waals surface area contributed by atoms with Gasteiger partial charge < -0.3 is 14.4 Å². The lowest BCUT2D eigenvalue weighted by atomic mass is 9.75. The summed E-state index contributed by atoms with van der Waals surface area (Å²) in [6.07, 6.45) is 2.86. The van der Waals surface area contributed by atoms with E-state index in [-0.39, 0.29) is 12.0 Å². The van der Waals surface area contributed by atoms with Gasteiger partial charge in [-0.25, -0.2) is 4.79 Å². The number of carbonyl (C=O) groups excluding carboxylic acids is 2. The number of amides is 1. The van der Waals surface area contributed by atoms with Crippen molar-refractivity contribution < 1.29 is 19.1 Å². The van der Waals surface area contributed by atoms with Crippen LogP contribution in [-0.4, -0.2) is 25.2 Å². The van der Waals surface area contributed by atoms with Gasteiger partial charge in [-0.3, -0.25) is 4.79 Å². The zero-order chi connectivity index (χ0) is 15.9. The summed E-state index contributed by atoms with van der Waals surface area (Å²) in [6, 6.07) is 5.80. The molecule has 0 radical (unpaired) electrons. The minimum absolute atomic E-state index is 0.0231. The van der Waals surface area contributed by atoms with Crippen molar-refractivity contribution in [3.8, 4) is 0 Å². The second-order valence-electron chi connectivity index (χ2n) is 5.80. The Bertz CT molecular complexity index is 654. The number of rotatable bonds is 3. The van der Waals surface area contributed by atoms with Crippen molar-refractivity contribution in [2.45, 2.75) is 37.9 Å². The van der Waals surface area contributed by atoms with E-state index >= 15 is 0 Å². The van der Waals surface area contributed by atoms with E-state index in [4.69, 9.17) is 9.47 Å². The first-order valence-electron chi connectivity index (χ1n) is 7.36. The van der Waals surface area contributed by atoms with E-state index in [0.717, 1.165) is 23.2 Å². The summed E-state index contributed by atoms with van der Waals surface area (Å²) in [5.41, 5.74) is 2.10. The molecule has 2 atom stereocenters. The standard InChI is InChI=1S/C17H19NO4/c1-4-9-17-14-7-6-13(18(3)11(2)19)10-12(14)5-8-15(17)21-16(20)22-17/h4,6-7,10,15H,1,5,8-9H2,2-3H3/t15-,17+/m1/s1. The van der Waals surface area contributed by atoms with Gasteiger partial charge in [0.15, 0.2) is 11.7 Å². The molecule has 22 heavy (non-hydrogen) atoms. The minimum Gasteiger partial charge on any atom is -0.426 e. The van der Waals surface area contributed by atoms with Crippen molar-refractivity contribution in [1.82, 2.24) is 0 Å². The fourth-order valence-electron chi connectivity index (χ4n) is 3.34. The lowest BCUT2D eigenvalue weighted by Gasteiger charge is -2.36. The van der Waals surface area contributed by atoms with E-state index in [0.29, 0.717) is 12.8 Å². The third kappa shape index (κ3) is 2.08. The number of carbonyl (C=O) groups is 2. The van der Waals surface area contributed by atoms with Crippen LogP contribution >= 0.6 is 0 Å². The second kappa shape index (κ2) is 5.16. The van der Waals surface area contributed by atoms with Crippen LogP contribution in [0.2, 0.25) is 0 Å². The third-order valence-electron chi connectivity index (χ3n) is 4.55. The Morgan fingerprint density at radius 3 is 3.00 bits per heavy atom. The molecule has 3 rings (SSSR count). The summed E-state index contributed by atoms with van der Waals surface area (Å²) >= 11 is 0. The van der Waals surface area contributed by atoms with Crippen molar-refractivity contribution in [1.29, 1.82) is 0 Å². The monoisotopic (exact) mass is 301 g/mol. The lowest BCUT2D eigenvalue weighted by molar-refractivity contribution is -0.116. The Kier molecular flexibility index (Phi) is 3.43. The molecule has 0 aromatic heterocycles. The highest BCUT2D eigenvalue weighted by atomic mass is 16.8. The molecule has 116 valence electrons. The molecule has 1 aliphatic carbocycles. The van der Waals surface area contributed by atoms with Gasteiger partial charge >= 0.3 is 6.16 Å². The number of hydrogen-bond donors (Lipinski definition) is 0. The molecule has 0 bridgehead atoms. The molecule has 1 amide bonds. The number of benzene rings is 1. The molecule has 1 aromatic rings. The quantitative estimate of drug-likeness (QED) is 0.636. The average Bonchev–Trinajstić information content (AvgIpc) is 2.82. The molecule has 0 unspecified atom stereocenters. The first-order chi connectivity index (χ1) is 10.5. The van der Waals surface area contributed by atoms with Crippen LogP contribution in [-0.2, 0) is 26.3 Å². The molecule has 1 fully saturated rings. The maximum atomic E-state index is 11.6. The molecule has 0 spiro atoms. The van der Waals surface area contributed by atoms with E-state index in [1.54, 1.807) is 18.0 Å². The van der Waals surface area contributed by atoms with Crippen LogP contribution in [0.4, 0.5) is 10.5 Å². The Morgan fingerprint density at radius 2 is 2.32 bits per heavy atom. The Labute approximate surface area is 129 Å². The molecular weight excluding hydrogens is 282 g/mol. The highest BCUT2D eigenvalue weighted by molar-refractivity contribution is 5.91. The predicted molar refractivity (Wildman–Crippen MR) is 81.7 cm³/mol. The van der Waals surface area contributed by atoms with Gasteiger partial charge in [-0.1, -0.05) is 12.1 Å². The topological polar surface area (TPSA) is 55.8 Å². The summed E-state index contributed by atoms with van der Waals surface area (Å²) in [5, 5.41) is 0. The molecule has 1 aromatic carbocycles. The molecule has 1 heterocycles. The molecule has 2 aliphatic rings.